The van der Waals surface area contributed by atoms with Gasteiger partial charge in [-0.2, -0.15) is 0 Å². The van der Waals surface area contributed by atoms with E-state index >= 15 is 0 Å². The quantitative estimate of drug-likeness (QED) is 0.324. The van der Waals surface area contributed by atoms with Crippen LogP contribution in [0, 0.1) is 0 Å². The summed E-state index contributed by atoms with van der Waals surface area (Å²) in [4.78, 5) is 16.3. The Morgan fingerprint density at radius 1 is 0.923 bits per heavy atom. The summed E-state index contributed by atoms with van der Waals surface area (Å²) in [5.41, 5.74) is 3.23. The van der Waals surface area contributed by atoms with Crippen LogP contribution in [0.15, 0.2) is 103 Å². The van der Waals surface area contributed by atoms with Gasteiger partial charge in [-0.25, -0.2) is 4.68 Å². The van der Waals surface area contributed by atoms with Crippen LogP contribution in [0.2, 0.25) is 0 Å². The molecule has 0 bridgehead atoms. The summed E-state index contributed by atoms with van der Waals surface area (Å²) in [7, 11) is 1.69. The monoisotopic (exact) mass is 518 g/mol. The molecule has 1 N–H and O–H groups in total. The molecule has 5 aromatic rings. The number of likely N-dealkylation sites (tertiary alicyclic amines) is 1. The first-order valence-corrected chi connectivity index (χ1v) is 13.1. The first kappa shape index (κ1) is 24.8. The highest BCUT2D eigenvalue weighted by atomic mass is 16.5. The summed E-state index contributed by atoms with van der Waals surface area (Å²) < 4.78 is 7.36. The Kier molecular flexibility index (Phi) is 7.01. The number of hydrogen-bond acceptors (Lipinski definition) is 6. The van der Waals surface area contributed by atoms with Crippen molar-refractivity contribution in [2.45, 2.75) is 31.1 Å². The zero-order valence-electron chi connectivity index (χ0n) is 21.7. The maximum Gasteiger partial charge on any atom is 0.238 e. The number of nitrogens with one attached hydrogen (secondary N) is 1. The van der Waals surface area contributed by atoms with Crippen LogP contribution in [0.25, 0.3) is 10.8 Å². The number of methoxy groups -OCH3 is 1. The Morgan fingerprint density at radius 2 is 1.59 bits per heavy atom. The van der Waals surface area contributed by atoms with Crippen LogP contribution < -0.4 is 10.1 Å². The number of rotatable bonds is 8. The normalized spacial score (nSPS) is 17.5. The standard InChI is InChI=1S/C31H30N6O2/c1-39-29-17-16-24(26-14-8-9-15-27(26)29)19-36-20-25(37-21-32-34-35-37)18-28(36)31(38)33-30(22-10-4-2-5-11-22)23-12-6-3-7-13-23/h2-17,21,25,28,30H,18-20H2,1H3,(H,33,38)/t25-,28+/m1/s1. The van der Waals surface area contributed by atoms with Crippen LogP contribution >= 0.6 is 0 Å². The average Bonchev–Trinajstić information content (AvgIpc) is 3.68. The van der Waals surface area contributed by atoms with Gasteiger partial charge in [-0.1, -0.05) is 91.0 Å². The third-order valence-corrected chi connectivity index (χ3v) is 7.54. The van der Waals surface area contributed by atoms with Gasteiger partial charge in [0.1, 0.15) is 12.1 Å². The fraction of sp³-hybridized carbons (Fsp3) is 0.226. The van der Waals surface area contributed by atoms with E-state index in [1.165, 1.54) is 0 Å². The second kappa shape index (κ2) is 11.0. The van der Waals surface area contributed by atoms with E-state index in [9.17, 15) is 4.79 Å². The zero-order valence-corrected chi connectivity index (χ0v) is 21.7. The predicted molar refractivity (Wildman–Crippen MR) is 149 cm³/mol. The van der Waals surface area contributed by atoms with Crippen LogP contribution in [0.1, 0.15) is 35.2 Å². The Balaban J connectivity index is 1.32. The first-order chi connectivity index (χ1) is 19.2. The van der Waals surface area contributed by atoms with Gasteiger partial charge in [-0.15, -0.1) is 5.10 Å². The number of ether oxygens (including phenoxy) is 1. The molecule has 2 atom stereocenters. The molecule has 0 spiro atoms. The fourth-order valence-corrected chi connectivity index (χ4v) is 5.61. The summed E-state index contributed by atoms with van der Waals surface area (Å²) in [6.45, 7) is 1.27. The molecule has 6 rings (SSSR count). The van der Waals surface area contributed by atoms with Crippen LogP contribution in [0.3, 0.4) is 0 Å². The van der Waals surface area contributed by atoms with E-state index in [1.54, 1.807) is 18.1 Å². The van der Waals surface area contributed by atoms with Crippen LogP contribution in [0.4, 0.5) is 0 Å². The highest BCUT2D eigenvalue weighted by Crippen LogP contribution is 2.33. The van der Waals surface area contributed by atoms with E-state index < -0.39 is 0 Å². The molecular weight excluding hydrogens is 488 g/mol. The summed E-state index contributed by atoms with van der Waals surface area (Å²) in [5.74, 6) is 0.825. The van der Waals surface area contributed by atoms with Crippen molar-refractivity contribution in [1.29, 1.82) is 0 Å². The molecule has 8 nitrogen and oxygen atoms in total. The minimum Gasteiger partial charge on any atom is -0.496 e. The Labute approximate surface area is 227 Å². The third kappa shape index (κ3) is 5.11. The predicted octanol–water partition coefficient (Wildman–Crippen LogP) is 4.56. The highest BCUT2D eigenvalue weighted by molar-refractivity contribution is 5.91. The second-order valence-corrected chi connectivity index (χ2v) is 9.86. The molecule has 0 saturated carbocycles. The van der Waals surface area contributed by atoms with Crippen molar-refractivity contribution < 1.29 is 9.53 Å². The Morgan fingerprint density at radius 3 is 2.23 bits per heavy atom. The maximum absolute atomic E-state index is 14.0. The van der Waals surface area contributed by atoms with E-state index in [0.717, 1.165) is 33.2 Å². The number of amides is 1. The smallest absolute Gasteiger partial charge is 0.238 e. The van der Waals surface area contributed by atoms with Crippen molar-refractivity contribution in [1.82, 2.24) is 30.4 Å². The largest absolute Gasteiger partial charge is 0.496 e. The van der Waals surface area contributed by atoms with Crippen molar-refractivity contribution in [3.8, 4) is 5.75 Å². The van der Waals surface area contributed by atoms with E-state index in [0.29, 0.717) is 19.5 Å². The van der Waals surface area contributed by atoms with E-state index in [2.05, 4.69) is 68.2 Å². The molecule has 196 valence electrons. The minimum absolute atomic E-state index is 0.00726. The number of aromatic nitrogens is 4. The summed E-state index contributed by atoms with van der Waals surface area (Å²) >= 11 is 0. The number of benzene rings is 4. The van der Waals surface area contributed by atoms with Crippen molar-refractivity contribution >= 4 is 16.7 Å². The molecule has 39 heavy (non-hydrogen) atoms. The maximum atomic E-state index is 14.0. The van der Waals surface area contributed by atoms with Gasteiger partial charge >= 0.3 is 0 Å². The van der Waals surface area contributed by atoms with Gasteiger partial charge in [-0.05, 0) is 45.0 Å². The van der Waals surface area contributed by atoms with Crippen molar-refractivity contribution in [2.75, 3.05) is 13.7 Å². The molecule has 0 radical (unpaired) electrons. The van der Waals surface area contributed by atoms with Crippen LogP contribution in [-0.4, -0.2) is 50.7 Å². The lowest BCUT2D eigenvalue weighted by molar-refractivity contribution is -0.126. The van der Waals surface area contributed by atoms with Crippen LogP contribution in [0.5, 0.6) is 5.75 Å². The molecule has 1 fully saturated rings. The molecule has 1 aliphatic heterocycles. The molecule has 4 aromatic carbocycles. The second-order valence-electron chi connectivity index (χ2n) is 9.86. The van der Waals surface area contributed by atoms with Gasteiger partial charge in [-0.3, -0.25) is 9.69 Å². The van der Waals surface area contributed by atoms with Crippen molar-refractivity contribution in [3.05, 3.63) is 120 Å². The highest BCUT2D eigenvalue weighted by Gasteiger charge is 2.39. The molecule has 0 unspecified atom stereocenters. The zero-order chi connectivity index (χ0) is 26.6. The van der Waals surface area contributed by atoms with Gasteiger partial charge < -0.3 is 10.1 Å². The number of fused-ring (bicyclic) bond motifs is 1. The lowest BCUT2D eigenvalue weighted by Gasteiger charge is -2.27. The van der Waals surface area contributed by atoms with Gasteiger partial charge in [0.05, 0.1) is 25.2 Å². The van der Waals surface area contributed by atoms with Crippen molar-refractivity contribution in [3.63, 3.8) is 0 Å². The minimum atomic E-state index is -0.352. The third-order valence-electron chi connectivity index (χ3n) is 7.54. The lowest BCUT2D eigenvalue weighted by atomic mass is 9.98. The van der Waals surface area contributed by atoms with Gasteiger partial charge in [0.15, 0.2) is 0 Å². The molecule has 1 aliphatic rings. The SMILES string of the molecule is COc1ccc(CN2C[C@H](n3cnnn3)C[C@H]2C(=O)NC(c2ccccc2)c2ccccc2)c2ccccc12. The Bertz CT molecular complexity index is 1500. The topological polar surface area (TPSA) is 85.2 Å². The van der Waals surface area contributed by atoms with Crippen molar-refractivity contribution in [2.24, 2.45) is 0 Å². The first-order valence-electron chi connectivity index (χ1n) is 13.1. The summed E-state index contributed by atoms with van der Waals surface area (Å²) in [6.07, 6.45) is 2.24. The van der Waals surface area contributed by atoms with Gasteiger partial charge in [0, 0.05) is 18.5 Å². The average molecular weight is 519 g/mol. The number of carbonyl (C=O) groups excluding carboxylic acids is 1. The molecule has 2 heterocycles. The van der Waals surface area contributed by atoms with E-state index in [-0.39, 0.29) is 24.0 Å². The molecule has 1 amide bonds. The summed E-state index contributed by atoms with van der Waals surface area (Å²) in [6, 6.07) is 31.9. The molecule has 1 aromatic heterocycles. The Hall–Kier alpha value is -4.56. The van der Waals surface area contributed by atoms with Crippen LogP contribution in [-0.2, 0) is 11.3 Å². The van der Waals surface area contributed by atoms with Gasteiger partial charge in [0.2, 0.25) is 5.91 Å². The number of nitrogens with zero attached hydrogens (tertiary/aromatic N) is 5. The molecule has 0 aliphatic carbocycles. The number of tetrazole rings is 1. The fourth-order valence-electron chi connectivity index (χ4n) is 5.61. The molecular formula is C31H30N6O2. The summed E-state index contributed by atoms with van der Waals surface area (Å²) in [5, 5.41) is 17.4. The number of hydrogen-bond donors (Lipinski definition) is 1. The van der Waals surface area contributed by atoms with Gasteiger partial charge in [0.25, 0.3) is 0 Å². The molecule has 8 heteroatoms. The lowest BCUT2D eigenvalue weighted by Crippen LogP contribution is -2.44. The molecule has 1 saturated heterocycles. The van der Waals surface area contributed by atoms with E-state index in [1.807, 2.05) is 54.6 Å². The number of carbonyl (C=O) groups is 1. The van der Waals surface area contributed by atoms with E-state index in [4.69, 9.17) is 4.74 Å².